The molecule has 8 heteroatoms. The number of benzene rings is 2. The van der Waals surface area contributed by atoms with E-state index in [1.165, 1.54) is 11.3 Å². The Labute approximate surface area is 179 Å². The zero-order chi connectivity index (χ0) is 20.8. The molecule has 152 valence electrons. The largest absolute Gasteiger partial charge is 0.346 e. The van der Waals surface area contributed by atoms with E-state index in [2.05, 4.69) is 14.2 Å². The third-order valence-electron chi connectivity index (χ3n) is 4.95. The van der Waals surface area contributed by atoms with Crippen LogP contribution in [0.5, 0.6) is 0 Å². The molecule has 0 radical (unpaired) electrons. The number of anilines is 1. The van der Waals surface area contributed by atoms with E-state index in [0.717, 1.165) is 34.1 Å². The molecule has 0 atom stereocenters. The third-order valence-corrected chi connectivity index (χ3v) is 8.51. The minimum Gasteiger partial charge on any atom is -0.346 e. The Morgan fingerprint density at radius 2 is 1.90 bits per heavy atom. The standard InChI is InChI=1S/C21H22ClN3O2S2/c1-14-20-16(22)6-4-9-19(20)28-21(14)29(26,27)23-17-7-5-8-18-15(17)10-11-25(18)13-12-24(2)3/h4-11,23H,12-13H2,1-3H3. The van der Waals surface area contributed by atoms with Crippen LogP contribution in [0, 0.1) is 6.92 Å². The van der Waals surface area contributed by atoms with Crippen LogP contribution in [0.1, 0.15) is 5.56 Å². The molecule has 2 heterocycles. The van der Waals surface area contributed by atoms with E-state index >= 15 is 0 Å². The van der Waals surface area contributed by atoms with Crippen LogP contribution in [-0.2, 0) is 16.6 Å². The smallest absolute Gasteiger partial charge is 0.271 e. The highest BCUT2D eigenvalue weighted by Crippen LogP contribution is 2.39. The maximum Gasteiger partial charge on any atom is 0.271 e. The molecule has 2 aromatic heterocycles. The molecule has 2 aromatic carbocycles. The fraction of sp³-hybridized carbons (Fsp3) is 0.238. The van der Waals surface area contributed by atoms with Crippen molar-refractivity contribution in [1.82, 2.24) is 9.47 Å². The Bertz CT molecular complexity index is 1310. The second-order valence-corrected chi connectivity index (χ2v) is 10.6. The minimum atomic E-state index is -3.74. The summed E-state index contributed by atoms with van der Waals surface area (Å²) in [7, 11) is 0.327. The van der Waals surface area contributed by atoms with Gasteiger partial charge in [-0.3, -0.25) is 4.72 Å². The van der Waals surface area contributed by atoms with Crippen LogP contribution in [0.25, 0.3) is 21.0 Å². The fourth-order valence-corrected chi connectivity index (χ4v) is 6.73. The molecule has 0 spiro atoms. The minimum absolute atomic E-state index is 0.296. The van der Waals surface area contributed by atoms with Crippen LogP contribution < -0.4 is 4.72 Å². The second-order valence-electron chi connectivity index (χ2n) is 7.28. The van der Waals surface area contributed by atoms with Crippen molar-refractivity contribution in [2.24, 2.45) is 0 Å². The van der Waals surface area contributed by atoms with Crippen molar-refractivity contribution in [3.05, 3.63) is 59.2 Å². The summed E-state index contributed by atoms with van der Waals surface area (Å²) >= 11 is 7.54. The van der Waals surface area contributed by atoms with Crippen molar-refractivity contribution in [1.29, 1.82) is 0 Å². The van der Waals surface area contributed by atoms with Crippen LogP contribution >= 0.6 is 22.9 Å². The van der Waals surface area contributed by atoms with E-state index in [1.807, 2.05) is 50.6 Å². The molecule has 0 amide bonds. The number of halogens is 1. The summed E-state index contributed by atoms with van der Waals surface area (Å²) in [5.74, 6) is 0. The number of rotatable bonds is 6. The maximum atomic E-state index is 13.2. The Morgan fingerprint density at radius 1 is 1.14 bits per heavy atom. The SMILES string of the molecule is Cc1c(S(=O)(=O)Nc2cccc3c2ccn3CCN(C)C)sc2cccc(Cl)c12. The van der Waals surface area contributed by atoms with Gasteiger partial charge < -0.3 is 9.47 Å². The summed E-state index contributed by atoms with van der Waals surface area (Å²) in [5.41, 5.74) is 2.26. The van der Waals surface area contributed by atoms with Gasteiger partial charge in [0.15, 0.2) is 0 Å². The molecule has 0 aliphatic carbocycles. The topological polar surface area (TPSA) is 54.3 Å². The lowest BCUT2D eigenvalue weighted by Gasteiger charge is -2.12. The molecule has 0 aliphatic rings. The van der Waals surface area contributed by atoms with Gasteiger partial charge in [0.05, 0.1) is 11.2 Å². The number of hydrogen-bond acceptors (Lipinski definition) is 4. The Morgan fingerprint density at radius 3 is 2.62 bits per heavy atom. The number of sulfonamides is 1. The summed E-state index contributed by atoms with van der Waals surface area (Å²) in [4.78, 5) is 2.12. The summed E-state index contributed by atoms with van der Waals surface area (Å²) in [6, 6.07) is 13.1. The predicted octanol–water partition coefficient (Wildman–Crippen LogP) is 5.18. The van der Waals surface area contributed by atoms with Gasteiger partial charge in [0.2, 0.25) is 0 Å². The van der Waals surface area contributed by atoms with Crippen LogP contribution in [-0.4, -0.2) is 38.5 Å². The average Bonchev–Trinajstić information content (AvgIpc) is 3.23. The van der Waals surface area contributed by atoms with E-state index in [0.29, 0.717) is 20.5 Å². The molecule has 29 heavy (non-hydrogen) atoms. The van der Waals surface area contributed by atoms with Gasteiger partial charge in [0.25, 0.3) is 10.0 Å². The van der Waals surface area contributed by atoms with Gasteiger partial charge in [0.1, 0.15) is 4.21 Å². The van der Waals surface area contributed by atoms with Crippen molar-refractivity contribution in [3.8, 4) is 0 Å². The van der Waals surface area contributed by atoms with E-state index < -0.39 is 10.0 Å². The van der Waals surface area contributed by atoms with Crippen molar-refractivity contribution >= 4 is 59.6 Å². The molecule has 0 bridgehead atoms. The number of nitrogens with zero attached hydrogens (tertiary/aromatic N) is 2. The van der Waals surface area contributed by atoms with Gasteiger partial charge in [-0.1, -0.05) is 23.7 Å². The molecule has 0 aliphatic heterocycles. The first-order valence-electron chi connectivity index (χ1n) is 9.21. The first-order chi connectivity index (χ1) is 13.8. The number of aromatic nitrogens is 1. The quantitative estimate of drug-likeness (QED) is 0.443. The van der Waals surface area contributed by atoms with Crippen molar-refractivity contribution < 1.29 is 8.42 Å². The number of likely N-dealkylation sites (N-methyl/N-ethyl adjacent to an activating group) is 1. The number of nitrogens with one attached hydrogen (secondary N) is 1. The van der Waals surface area contributed by atoms with Crippen LogP contribution in [0.3, 0.4) is 0 Å². The summed E-state index contributed by atoms with van der Waals surface area (Å²) in [6.07, 6.45) is 2.00. The molecule has 4 aromatic rings. The molecular formula is C21H22ClN3O2S2. The zero-order valence-electron chi connectivity index (χ0n) is 16.4. The number of aryl methyl sites for hydroxylation is 1. The third kappa shape index (κ3) is 3.75. The van der Waals surface area contributed by atoms with E-state index in [4.69, 9.17) is 11.6 Å². The van der Waals surface area contributed by atoms with Crippen LogP contribution in [0.4, 0.5) is 5.69 Å². The van der Waals surface area contributed by atoms with Crippen LogP contribution in [0.15, 0.2) is 52.9 Å². The highest BCUT2D eigenvalue weighted by atomic mass is 35.5. The Kier molecular flexibility index (Phi) is 5.33. The second kappa shape index (κ2) is 7.65. The van der Waals surface area contributed by atoms with Gasteiger partial charge in [-0.2, -0.15) is 0 Å². The Hall–Kier alpha value is -2.06. The van der Waals surface area contributed by atoms with Gasteiger partial charge in [-0.05, 0) is 56.9 Å². The molecular weight excluding hydrogens is 426 g/mol. The molecule has 4 rings (SSSR count). The number of fused-ring (bicyclic) bond motifs is 2. The lowest BCUT2D eigenvalue weighted by molar-refractivity contribution is 0.387. The molecule has 1 N–H and O–H groups in total. The predicted molar refractivity (Wildman–Crippen MR) is 123 cm³/mol. The van der Waals surface area contributed by atoms with Crippen molar-refractivity contribution in [3.63, 3.8) is 0 Å². The average molecular weight is 448 g/mol. The summed E-state index contributed by atoms with van der Waals surface area (Å²) < 4.78 is 32.5. The first-order valence-corrected chi connectivity index (χ1v) is 11.9. The van der Waals surface area contributed by atoms with Crippen molar-refractivity contribution in [2.75, 3.05) is 25.4 Å². The van der Waals surface area contributed by atoms with Crippen LogP contribution in [0.2, 0.25) is 5.02 Å². The maximum absolute atomic E-state index is 13.2. The van der Waals surface area contributed by atoms with E-state index in [-0.39, 0.29) is 0 Å². The molecule has 0 unspecified atom stereocenters. The monoisotopic (exact) mass is 447 g/mol. The normalized spacial score (nSPS) is 12.3. The van der Waals surface area contributed by atoms with Gasteiger partial charge in [-0.25, -0.2) is 8.42 Å². The zero-order valence-corrected chi connectivity index (χ0v) is 18.8. The highest BCUT2D eigenvalue weighted by molar-refractivity contribution is 7.95. The first kappa shape index (κ1) is 20.2. The lowest BCUT2D eigenvalue weighted by Crippen LogP contribution is -2.18. The Balaban J connectivity index is 1.73. The molecule has 0 fully saturated rings. The number of thiophene rings is 1. The van der Waals surface area contributed by atoms with E-state index in [1.54, 1.807) is 19.1 Å². The molecule has 0 saturated heterocycles. The number of hydrogen-bond donors (Lipinski definition) is 1. The molecule has 0 saturated carbocycles. The van der Waals surface area contributed by atoms with Gasteiger partial charge >= 0.3 is 0 Å². The lowest BCUT2D eigenvalue weighted by atomic mass is 10.2. The summed E-state index contributed by atoms with van der Waals surface area (Å²) in [6.45, 7) is 3.54. The summed E-state index contributed by atoms with van der Waals surface area (Å²) in [5, 5.41) is 2.25. The fourth-order valence-electron chi connectivity index (χ4n) is 3.49. The van der Waals surface area contributed by atoms with E-state index in [9.17, 15) is 8.42 Å². The highest BCUT2D eigenvalue weighted by Gasteiger charge is 2.23. The van der Waals surface area contributed by atoms with Crippen molar-refractivity contribution in [2.45, 2.75) is 17.7 Å². The molecule has 5 nitrogen and oxygen atoms in total. The van der Waals surface area contributed by atoms with Gasteiger partial charge in [-0.15, -0.1) is 11.3 Å². The van der Waals surface area contributed by atoms with Gasteiger partial charge in [0, 0.05) is 39.8 Å².